The third-order valence-corrected chi connectivity index (χ3v) is 4.34. The van der Waals surface area contributed by atoms with E-state index >= 15 is 0 Å². The molecule has 0 spiro atoms. The minimum Gasteiger partial charge on any atom is -0.494 e. The lowest BCUT2D eigenvalue weighted by Gasteiger charge is -2.22. The molecular weight excluding hydrogens is 283 g/mol. The van der Waals surface area contributed by atoms with E-state index in [0.717, 1.165) is 4.90 Å². The number of carbonyl (C=O) groups is 1. The van der Waals surface area contributed by atoms with E-state index in [9.17, 15) is 18.0 Å². The van der Waals surface area contributed by atoms with E-state index in [-0.39, 0.29) is 17.9 Å². The van der Waals surface area contributed by atoms with Crippen LogP contribution in [0, 0.1) is 11.7 Å². The molecule has 0 bridgehead atoms. The number of carbonyl (C=O) groups excluding carboxylic acids is 1. The Hall–Kier alpha value is -1.72. The first-order valence-electron chi connectivity index (χ1n) is 6.99. The number of alkyl halides is 2. The lowest BCUT2D eigenvalue weighted by atomic mass is 10.1. The number of halogens is 3. The smallest absolute Gasteiger partial charge is 0.273 e. The Labute approximate surface area is 120 Å². The molecule has 1 aromatic rings. The van der Waals surface area contributed by atoms with Gasteiger partial charge in [0.05, 0.1) is 18.6 Å². The Morgan fingerprint density at radius 3 is 2.86 bits per heavy atom. The SMILES string of the molecule is COc1cccc(C(=O)N2CCCCC3C2C3(F)F)c1F. The van der Waals surface area contributed by atoms with Crippen LogP contribution in [0.2, 0.25) is 0 Å². The Morgan fingerprint density at radius 1 is 1.38 bits per heavy atom. The molecule has 1 amide bonds. The number of nitrogens with zero attached hydrogens (tertiary/aromatic N) is 1. The number of hydrogen-bond acceptors (Lipinski definition) is 2. The summed E-state index contributed by atoms with van der Waals surface area (Å²) < 4.78 is 46.5. The highest BCUT2D eigenvalue weighted by Crippen LogP contribution is 2.56. The van der Waals surface area contributed by atoms with Crippen molar-refractivity contribution in [3.05, 3.63) is 29.6 Å². The summed E-state index contributed by atoms with van der Waals surface area (Å²) in [5, 5.41) is 0. The Kier molecular flexibility index (Phi) is 3.34. The molecule has 114 valence electrons. The molecule has 1 aliphatic carbocycles. The van der Waals surface area contributed by atoms with E-state index in [2.05, 4.69) is 0 Å². The summed E-state index contributed by atoms with van der Waals surface area (Å²) in [6, 6.07) is 3.09. The van der Waals surface area contributed by atoms with Crippen LogP contribution in [-0.2, 0) is 0 Å². The molecule has 2 unspecified atom stereocenters. The van der Waals surface area contributed by atoms with Crippen molar-refractivity contribution in [3.8, 4) is 5.75 Å². The molecule has 1 saturated heterocycles. The van der Waals surface area contributed by atoms with Gasteiger partial charge in [0.1, 0.15) is 6.04 Å². The largest absolute Gasteiger partial charge is 0.494 e. The molecule has 0 aromatic heterocycles. The first kappa shape index (κ1) is 14.2. The van der Waals surface area contributed by atoms with Gasteiger partial charge in [-0.2, -0.15) is 0 Å². The third-order valence-electron chi connectivity index (χ3n) is 4.34. The monoisotopic (exact) mass is 299 g/mol. The summed E-state index contributed by atoms with van der Waals surface area (Å²) in [5.74, 6) is -5.16. The van der Waals surface area contributed by atoms with Crippen molar-refractivity contribution in [2.45, 2.75) is 31.2 Å². The minimum absolute atomic E-state index is 0.0604. The zero-order chi connectivity index (χ0) is 15.2. The van der Waals surface area contributed by atoms with Gasteiger partial charge in [-0.05, 0) is 25.0 Å². The second-order valence-corrected chi connectivity index (χ2v) is 5.54. The minimum atomic E-state index is -2.84. The van der Waals surface area contributed by atoms with Crippen LogP contribution in [0.15, 0.2) is 18.2 Å². The Bertz CT molecular complexity index is 576. The van der Waals surface area contributed by atoms with E-state index in [1.807, 2.05) is 0 Å². The van der Waals surface area contributed by atoms with Gasteiger partial charge in [0, 0.05) is 6.54 Å². The highest BCUT2D eigenvalue weighted by atomic mass is 19.3. The lowest BCUT2D eigenvalue weighted by molar-refractivity contribution is 0.0460. The number of amides is 1. The van der Waals surface area contributed by atoms with Gasteiger partial charge in [0.2, 0.25) is 0 Å². The van der Waals surface area contributed by atoms with Gasteiger partial charge in [-0.3, -0.25) is 4.79 Å². The molecular formula is C15H16F3NO2. The summed E-state index contributed by atoms with van der Waals surface area (Å²) in [6.45, 7) is 0.242. The summed E-state index contributed by atoms with van der Waals surface area (Å²) in [4.78, 5) is 13.6. The molecule has 1 aromatic carbocycles. The molecule has 1 heterocycles. The van der Waals surface area contributed by atoms with E-state index < -0.39 is 29.6 Å². The molecule has 3 rings (SSSR count). The molecule has 0 radical (unpaired) electrons. The van der Waals surface area contributed by atoms with E-state index in [4.69, 9.17) is 4.74 Å². The number of ether oxygens (including phenoxy) is 1. The molecule has 21 heavy (non-hydrogen) atoms. The van der Waals surface area contributed by atoms with Crippen molar-refractivity contribution < 1.29 is 22.7 Å². The Morgan fingerprint density at radius 2 is 2.14 bits per heavy atom. The fourth-order valence-electron chi connectivity index (χ4n) is 3.15. The predicted octanol–water partition coefficient (Wildman–Crippen LogP) is 3.09. The normalized spacial score (nSPS) is 26.8. The molecule has 2 aliphatic rings. The first-order chi connectivity index (χ1) is 9.98. The summed E-state index contributed by atoms with van der Waals surface area (Å²) in [7, 11) is 1.30. The molecule has 1 aliphatic heterocycles. The van der Waals surface area contributed by atoms with E-state index in [0.29, 0.717) is 19.3 Å². The summed E-state index contributed by atoms with van der Waals surface area (Å²) >= 11 is 0. The Balaban J connectivity index is 1.91. The third kappa shape index (κ3) is 2.17. The average Bonchev–Trinajstić information content (AvgIpc) is 3.08. The van der Waals surface area contributed by atoms with Crippen LogP contribution < -0.4 is 4.74 Å². The van der Waals surface area contributed by atoms with Crippen LogP contribution in [0.3, 0.4) is 0 Å². The molecule has 3 nitrogen and oxygen atoms in total. The molecule has 2 atom stereocenters. The van der Waals surface area contributed by atoms with Crippen molar-refractivity contribution in [1.29, 1.82) is 0 Å². The topological polar surface area (TPSA) is 29.5 Å². The first-order valence-corrected chi connectivity index (χ1v) is 6.99. The van der Waals surface area contributed by atoms with Gasteiger partial charge in [-0.1, -0.05) is 12.5 Å². The second kappa shape index (κ2) is 4.93. The van der Waals surface area contributed by atoms with Gasteiger partial charge in [-0.25, -0.2) is 13.2 Å². The van der Waals surface area contributed by atoms with Gasteiger partial charge >= 0.3 is 0 Å². The van der Waals surface area contributed by atoms with Gasteiger partial charge in [-0.15, -0.1) is 0 Å². The predicted molar refractivity (Wildman–Crippen MR) is 70.1 cm³/mol. The van der Waals surface area contributed by atoms with Crippen LogP contribution in [-0.4, -0.2) is 36.4 Å². The van der Waals surface area contributed by atoms with Crippen LogP contribution >= 0.6 is 0 Å². The summed E-state index contributed by atoms with van der Waals surface area (Å²) in [6.07, 6.45) is 1.75. The van der Waals surface area contributed by atoms with E-state index in [1.54, 1.807) is 0 Å². The zero-order valence-corrected chi connectivity index (χ0v) is 11.6. The van der Waals surface area contributed by atoms with E-state index in [1.165, 1.54) is 25.3 Å². The van der Waals surface area contributed by atoms with Crippen molar-refractivity contribution >= 4 is 5.91 Å². The highest BCUT2D eigenvalue weighted by molar-refractivity contribution is 5.95. The zero-order valence-electron chi connectivity index (χ0n) is 11.6. The molecule has 2 fully saturated rings. The maximum absolute atomic E-state index is 14.2. The maximum atomic E-state index is 14.2. The number of methoxy groups -OCH3 is 1. The second-order valence-electron chi connectivity index (χ2n) is 5.54. The average molecular weight is 299 g/mol. The van der Waals surface area contributed by atoms with Crippen LogP contribution in [0.1, 0.15) is 29.6 Å². The highest BCUT2D eigenvalue weighted by Gasteiger charge is 2.71. The number of rotatable bonds is 2. The van der Waals surface area contributed by atoms with Gasteiger partial charge < -0.3 is 9.64 Å². The van der Waals surface area contributed by atoms with Crippen LogP contribution in [0.4, 0.5) is 13.2 Å². The number of likely N-dealkylation sites (tertiary alicyclic amines) is 1. The maximum Gasteiger partial charge on any atom is 0.273 e. The molecule has 6 heteroatoms. The fraction of sp³-hybridized carbons (Fsp3) is 0.533. The van der Waals surface area contributed by atoms with Crippen LogP contribution in [0.25, 0.3) is 0 Å². The number of benzene rings is 1. The fourth-order valence-corrected chi connectivity index (χ4v) is 3.15. The van der Waals surface area contributed by atoms with Crippen molar-refractivity contribution in [3.63, 3.8) is 0 Å². The van der Waals surface area contributed by atoms with Crippen LogP contribution in [0.5, 0.6) is 5.75 Å². The van der Waals surface area contributed by atoms with Gasteiger partial charge in [0.25, 0.3) is 11.8 Å². The molecule has 1 saturated carbocycles. The van der Waals surface area contributed by atoms with Crippen molar-refractivity contribution in [2.24, 2.45) is 5.92 Å². The molecule has 0 N–H and O–H groups in total. The number of fused-ring (bicyclic) bond motifs is 1. The van der Waals surface area contributed by atoms with Gasteiger partial charge in [0.15, 0.2) is 11.6 Å². The summed E-state index contributed by atoms with van der Waals surface area (Å²) in [5.41, 5.74) is -0.210. The standard InChI is InChI=1S/C15H16F3NO2/c1-21-11-7-4-5-9(12(11)16)14(20)19-8-3-2-6-10-13(19)15(10,17)18/h4-5,7,10,13H,2-3,6,8H2,1H3. The van der Waals surface area contributed by atoms with Crippen molar-refractivity contribution in [1.82, 2.24) is 4.90 Å². The quantitative estimate of drug-likeness (QED) is 0.840. The number of hydrogen-bond donors (Lipinski definition) is 0. The van der Waals surface area contributed by atoms with Crippen molar-refractivity contribution in [2.75, 3.05) is 13.7 Å². The lowest BCUT2D eigenvalue weighted by Crippen LogP contribution is -2.37.